The van der Waals surface area contributed by atoms with E-state index in [1.807, 2.05) is 18.2 Å². The molecule has 1 unspecified atom stereocenters. The molecular weight excluding hydrogens is 246 g/mol. The molecule has 1 atom stereocenters. The van der Waals surface area contributed by atoms with Gasteiger partial charge in [0.1, 0.15) is 12.4 Å². The highest BCUT2D eigenvalue weighted by Gasteiger charge is 2.23. The molecule has 2 N–H and O–H groups in total. The number of tetrazole rings is 1. The van der Waals surface area contributed by atoms with Crippen LogP contribution in [0.2, 0.25) is 0 Å². The van der Waals surface area contributed by atoms with Crippen LogP contribution in [-0.2, 0) is 24.3 Å². The smallest absolute Gasteiger partial charge is 0.321 e. The lowest BCUT2D eigenvalue weighted by Crippen LogP contribution is -2.41. The highest BCUT2D eigenvalue weighted by molar-refractivity contribution is 5.74. The van der Waals surface area contributed by atoms with Gasteiger partial charge in [0.05, 0.1) is 6.54 Å². The van der Waals surface area contributed by atoms with E-state index in [0.29, 0.717) is 19.5 Å². The maximum absolute atomic E-state index is 11.0. The fourth-order valence-electron chi connectivity index (χ4n) is 2.28. The molecule has 2 aromatic rings. The molecule has 0 saturated heterocycles. The first kappa shape index (κ1) is 11.8. The van der Waals surface area contributed by atoms with Crippen LogP contribution in [0.15, 0.2) is 24.5 Å². The third kappa shape index (κ3) is 2.45. The Morgan fingerprint density at radius 3 is 3.11 bits per heavy atom. The number of hydrogen-bond donors (Lipinski definition) is 2. The van der Waals surface area contributed by atoms with Gasteiger partial charge in [0, 0.05) is 6.54 Å². The first-order valence-corrected chi connectivity index (χ1v) is 6.00. The minimum Gasteiger partial charge on any atom is -0.480 e. The molecular formula is C12H13N5O2. The van der Waals surface area contributed by atoms with Gasteiger partial charge in [0.25, 0.3) is 0 Å². The van der Waals surface area contributed by atoms with Crippen LogP contribution < -0.4 is 5.32 Å². The zero-order chi connectivity index (χ0) is 13.2. The number of carboxylic acids is 1. The van der Waals surface area contributed by atoms with Crippen molar-refractivity contribution in [2.75, 3.05) is 0 Å². The SMILES string of the molecule is O=C(O)C1Cc2cc(Cn3cnnn3)ccc2CN1. The van der Waals surface area contributed by atoms with Gasteiger partial charge in [-0.3, -0.25) is 4.79 Å². The van der Waals surface area contributed by atoms with Crippen LogP contribution in [0, 0.1) is 0 Å². The molecule has 0 aliphatic carbocycles. The van der Waals surface area contributed by atoms with E-state index in [9.17, 15) is 4.79 Å². The molecule has 19 heavy (non-hydrogen) atoms. The summed E-state index contributed by atoms with van der Waals surface area (Å²) in [5, 5.41) is 23.0. The molecule has 0 amide bonds. The van der Waals surface area contributed by atoms with Crippen molar-refractivity contribution in [1.82, 2.24) is 25.5 Å². The Labute approximate surface area is 109 Å². The average molecular weight is 259 g/mol. The van der Waals surface area contributed by atoms with Crippen LogP contribution in [-0.4, -0.2) is 37.3 Å². The number of fused-ring (bicyclic) bond motifs is 1. The highest BCUT2D eigenvalue weighted by Crippen LogP contribution is 2.19. The lowest BCUT2D eigenvalue weighted by Gasteiger charge is -2.23. The first-order valence-electron chi connectivity index (χ1n) is 6.00. The second-order valence-electron chi connectivity index (χ2n) is 4.59. The third-order valence-corrected chi connectivity index (χ3v) is 3.27. The van der Waals surface area contributed by atoms with E-state index in [4.69, 9.17) is 5.11 Å². The van der Waals surface area contributed by atoms with E-state index in [-0.39, 0.29) is 0 Å². The third-order valence-electron chi connectivity index (χ3n) is 3.27. The lowest BCUT2D eigenvalue weighted by molar-refractivity contribution is -0.139. The molecule has 0 spiro atoms. The summed E-state index contributed by atoms with van der Waals surface area (Å²) in [7, 11) is 0. The molecule has 0 radical (unpaired) electrons. The van der Waals surface area contributed by atoms with E-state index in [0.717, 1.165) is 16.7 Å². The van der Waals surface area contributed by atoms with Crippen molar-refractivity contribution in [2.45, 2.75) is 25.6 Å². The summed E-state index contributed by atoms with van der Waals surface area (Å²) in [5.74, 6) is -0.809. The summed E-state index contributed by atoms with van der Waals surface area (Å²) in [6, 6.07) is 5.58. The summed E-state index contributed by atoms with van der Waals surface area (Å²) in [5.41, 5.74) is 3.30. The van der Waals surface area contributed by atoms with Gasteiger partial charge in [0.2, 0.25) is 0 Å². The van der Waals surface area contributed by atoms with Crippen LogP contribution in [0.25, 0.3) is 0 Å². The number of aromatic nitrogens is 4. The molecule has 0 saturated carbocycles. The van der Waals surface area contributed by atoms with Crippen molar-refractivity contribution in [2.24, 2.45) is 0 Å². The highest BCUT2D eigenvalue weighted by atomic mass is 16.4. The summed E-state index contributed by atoms with van der Waals surface area (Å²) < 4.78 is 1.64. The number of benzene rings is 1. The predicted molar refractivity (Wildman–Crippen MR) is 65.3 cm³/mol. The molecule has 1 aromatic carbocycles. The maximum atomic E-state index is 11.0. The molecule has 2 heterocycles. The second kappa shape index (κ2) is 4.77. The molecule has 1 aliphatic rings. The fourth-order valence-corrected chi connectivity index (χ4v) is 2.28. The molecule has 0 bridgehead atoms. The zero-order valence-corrected chi connectivity index (χ0v) is 10.2. The molecule has 1 aromatic heterocycles. The van der Waals surface area contributed by atoms with Crippen molar-refractivity contribution in [3.8, 4) is 0 Å². The monoisotopic (exact) mass is 259 g/mol. The van der Waals surface area contributed by atoms with Gasteiger partial charge >= 0.3 is 5.97 Å². The standard InChI is InChI=1S/C12H13N5O2/c18-12(19)11-4-10-3-8(1-2-9(10)5-13-11)6-17-7-14-15-16-17/h1-3,7,11,13H,4-6H2,(H,18,19). The van der Waals surface area contributed by atoms with E-state index in [2.05, 4.69) is 20.8 Å². The van der Waals surface area contributed by atoms with Gasteiger partial charge in [-0.05, 0) is 33.5 Å². The second-order valence-corrected chi connectivity index (χ2v) is 4.59. The average Bonchev–Trinajstić information content (AvgIpc) is 2.90. The topological polar surface area (TPSA) is 92.9 Å². The zero-order valence-electron chi connectivity index (χ0n) is 10.2. The molecule has 1 aliphatic heterocycles. The van der Waals surface area contributed by atoms with Gasteiger partial charge in [-0.15, -0.1) is 5.10 Å². The number of aliphatic carboxylic acids is 1. The molecule has 3 rings (SSSR count). The van der Waals surface area contributed by atoms with Gasteiger partial charge in [-0.2, -0.15) is 0 Å². The lowest BCUT2D eigenvalue weighted by atomic mass is 9.94. The number of nitrogens with one attached hydrogen (secondary N) is 1. The molecule has 0 fully saturated rings. The van der Waals surface area contributed by atoms with Crippen LogP contribution in [0.4, 0.5) is 0 Å². The minimum atomic E-state index is -0.809. The summed E-state index contributed by atoms with van der Waals surface area (Å²) >= 11 is 0. The summed E-state index contributed by atoms with van der Waals surface area (Å²) in [6.45, 7) is 1.18. The van der Waals surface area contributed by atoms with Gasteiger partial charge in [-0.25, -0.2) is 4.68 Å². The van der Waals surface area contributed by atoms with Crippen LogP contribution >= 0.6 is 0 Å². The van der Waals surface area contributed by atoms with Crippen molar-refractivity contribution >= 4 is 5.97 Å². The van der Waals surface area contributed by atoms with Crippen LogP contribution in [0.1, 0.15) is 16.7 Å². The Bertz CT molecular complexity index is 596. The van der Waals surface area contributed by atoms with E-state index in [1.165, 1.54) is 0 Å². The largest absolute Gasteiger partial charge is 0.480 e. The fraction of sp³-hybridized carbons (Fsp3) is 0.333. The van der Waals surface area contributed by atoms with Crippen LogP contribution in [0.5, 0.6) is 0 Å². The Balaban J connectivity index is 1.82. The van der Waals surface area contributed by atoms with Crippen molar-refractivity contribution in [1.29, 1.82) is 0 Å². The Morgan fingerprint density at radius 2 is 2.37 bits per heavy atom. The normalized spacial score (nSPS) is 18.0. The maximum Gasteiger partial charge on any atom is 0.321 e. The van der Waals surface area contributed by atoms with E-state index in [1.54, 1.807) is 11.0 Å². The quantitative estimate of drug-likeness (QED) is 0.794. The van der Waals surface area contributed by atoms with Crippen molar-refractivity contribution in [3.63, 3.8) is 0 Å². The number of nitrogens with zero attached hydrogens (tertiary/aromatic N) is 4. The van der Waals surface area contributed by atoms with Gasteiger partial charge in [-0.1, -0.05) is 18.2 Å². The summed E-state index contributed by atoms with van der Waals surface area (Å²) in [4.78, 5) is 11.0. The first-order chi connectivity index (χ1) is 9.22. The number of carbonyl (C=O) groups is 1. The minimum absolute atomic E-state index is 0.504. The number of hydrogen-bond acceptors (Lipinski definition) is 5. The Morgan fingerprint density at radius 1 is 1.47 bits per heavy atom. The number of rotatable bonds is 3. The van der Waals surface area contributed by atoms with Crippen molar-refractivity contribution < 1.29 is 9.90 Å². The van der Waals surface area contributed by atoms with E-state index < -0.39 is 12.0 Å². The van der Waals surface area contributed by atoms with Gasteiger partial charge < -0.3 is 10.4 Å². The van der Waals surface area contributed by atoms with Crippen molar-refractivity contribution in [3.05, 3.63) is 41.2 Å². The Hall–Kier alpha value is -2.28. The molecule has 7 nitrogen and oxygen atoms in total. The summed E-state index contributed by atoms with van der Waals surface area (Å²) in [6.07, 6.45) is 2.06. The van der Waals surface area contributed by atoms with Crippen LogP contribution in [0.3, 0.4) is 0 Å². The number of carboxylic acid groups (broad SMARTS) is 1. The Kier molecular flexibility index (Phi) is 2.96. The molecule has 98 valence electrons. The predicted octanol–water partition coefficient (Wildman–Crippen LogP) is -0.180. The molecule has 7 heteroatoms. The van der Waals surface area contributed by atoms with E-state index >= 15 is 0 Å². The van der Waals surface area contributed by atoms with Gasteiger partial charge in [0.15, 0.2) is 0 Å².